The smallest absolute Gasteiger partial charge is 0.296 e. The van der Waals surface area contributed by atoms with Crippen LogP contribution in [0, 0.1) is 6.92 Å². The van der Waals surface area contributed by atoms with Gasteiger partial charge < -0.3 is 4.74 Å². The molecule has 0 saturated heterocycles. The monoisotopic (exact) mass is 382 g/mol. The second-order valence-electron chi connectivity index (χ2n) is 4.26. The van der Waals surface area contributed by atoms with Crippen LogP contribution in [0.5, 0.6) is 5.75 Å². The largest absolute Gasteiger partial charge is 0.493 e. The summed E-state index contributed by atoms with van der Waals surface area (Å²) in [6.07, 6.45) is 3.42. The van der Waals surface area contributed by atoms with Crippen molar-refractivity contribution in [1.29, 1.82) is 0 Å². The number of halogens is 1. The second kappa shape index (κ2) is 7.55. The molecule has 1 heterocycles. The van der Waals surface area contributed by atoms with Crippen molar-refractivity contribution in [2.24, 2.45) is 5.10 Å². The SMILES string of the molecule is CCOc1ccc(/C=N\n2c(SC)nnc(C)c2=O)cc1Br. The fraction of sp³-hybridized carbons (Fsp3) is 0.286. The topological polar surface area (TPSA) is 69.4 Å². The molecule has 0 spiro atoms. The Morgan fingerprint density at radius 2 is 2.23 bits per heavy atom. The van der Waals surface area contributed by atoms with E-state index in [2.05, 4.69) is 31.2 Å². The van der Waals surface area contributed by atoms with Crippen LogP contribution in [0.4, 0.5) is 0 Å². The molecule has 2 rings (SSSR count). The first-order valence-corrected chi connectivity index (χ1v) is 8.55. The fourth-order valence-corrected chi connectivity index (χ4v) is 2.60. The molecule has 1 aromatic heterocycles. The van der Waals surface area contributed by atoms with Gasteiger partial charge in [0.1, 0.15) is 11.4 Å². The van der Waals surface area contributed by atoms with Crippen molar-refractivity contribution < 1.29 is 4.74 Å². The highest BCUT2D eigenvalue weighted by Crippen LogP contribution is 2.25. The van der Waals surface area contributed by atoms with E-state index in [1.807, 2.05) is 31.4 Å². The van der Waals surface area contributed by atoms with Gasteiger partial charge in [-0.05, 0) is 59.8 Å². The van der Waals surface area contributed by atoms with Crippen LogP contribution < -0.4 is 10.3 Å². The Balaban J connectivity index is 2.35. The molecule has 0 aliphatic rings. The normalized spacial score (nSPS) is 11.1. The van der Waals surface area contributed by atoms with E-state index in [-0.39, 0.29) is 5.56 Å². The second-order valence-corrected chi connectivity index (χ2v) is 5.88. The first-order valence-electron chi connectivity index (χ1n) is 6.53. The summed E-state index contributed by atoms with van der Waals surface area (Å²) in [5, 5.41) is 12.4. The van der Waals surface area contributed by atoms with Crippen molar-refractivity contribution in [3.8, 4) is 5.75 Å². The lowest BCUT2D eigenvalue weighted by Gasteiger charge is -2.06. The summed E-state index contributed by atoms with van der Waals surface area (Å²) in [6, 6.07) is 5.59. The summed E-state index contributed by atoms with van der Waals surface area (Å²) in [7, 11) is 0. The van der Waals surface area contributed by atoms with E-state index >= 15 is 0 Å². The number of thioether (sulfide) groups is 1. The molecule has 0 aliphatic carbocycles. The van der Waals surface area contributed by atoms with Crippen LogP contribution in [-0.2, 0) is 0 Å². The Hall–Kier alpha value is -1.67. The average Bonchev–Trinajstić information content (AvgIpc) is 2.51. The molecule has 0 fully saturated rings. The molecule has 0 aliphatic heterocycles. The molecule has 116 valence electrons. The van der Waals surface area contributed by atoms with Crippen LogP contribution >= 0.6 is 27.7 Å². The molecule has 0 amide bonds. The predicted octanol–water partition coefficient (Wildman–Crippen LogP) is 2.71. The molecule has 0 unspecified atom stereocenters. The number of nitrogens with zero attached hydrogens (tertiary/aromatic N) is 4. The van der Waals surface area contributed by atoms with Gasteiger partial charge in [-0.25, -0.2) is 0 Å². The van der Waals surface area contributed by atoms with Gasteiger partial charge >= 0.3 is 0 Å². The minimum atomic E-state index is -0.277. The van der Waals surface area contributed by atoms with Crippen LogP contribution in [0.25, 0.3) is 0 Å². The highest BCUT2D eigenvalue weighted by molar-refractivity contribution is 9.10. The van der Waals surface area contributed by atoms with E-state index in [4.69, 9.17) is 4.74 Å². The van der Waals surface area contributed by atoms with Gasteiger partial charge in [0.05, 0.1) is 17.3 Å². The quantitative estimate of drug-likeness (QED) is 0.587. The van der Waals surface area contributed by atoms with Crippen molar-refractivity contribution >= 4 is 33.9 Å². The number of ether oxygens (including phenoxy) is 1. The molecule has 0 atom stereocenters. The Morgan fingerprint density at radius 3 is 2.86 bits per heavy atom. The van der Waals surface area contributed by atoms with Crippen molar-refractivity contribution in [3.05, 3.63) is 44.3 Å². The van der Waals surface area contributed by atoms with Crippen molar-refractivity contribution in [2.75, 3.05) is 12.9 Å². The molecule has 0 N–H and O–H groups in total. The minimum Gasteiger partial charge on any atom is -0.493 e. The van der Waals surface area contributed by atoms with Gasteiger partial charge in [0.2, 0.25) is 5.16 Å². The van der Waals surface area contributed by atoms with E-state index in [1.165, 1.54) is 16.4 Å². The Kier molecular flexibility index (Phi) is 5.73. The first-order chi connectivity index (χ1) is 10.6. The van der Waals surface area contributed by atoms with Crippen molar-refractivity contribution in [1.82, 2.24) is 14.9 Å². The zero-order chi connectivity index (χ0) is 16.1. The lowest BCUT2D eigenvalue weighted by molar-refractivity contribution is 0.338. The van der Waals surface area contributed by atoms with Crippen LogP contribution in [0.1, 0.15) is 18.2 Å². The Labute approximate surface area is 140 Å². The van der Waals surface area contributed by atoms with Gasteiger partial charge in [0.15, 0.2) is 0 Å². The number of aromatic nitrogens is 3. The summed E-state index contributed by atoms with van der Waals surface area (Å²) in [5.41, 5.74) is 0.868. The molecule has 6 nitrogen and oxygen atoms in total. The average molecular weight is 383 g/mol. The minimum absolute atomic E-state index is 0.277. The Bertz CT molecular complexity index is 761. The first kappa shape index (κ1) is 16.7. The highest BCUT2D eigenvalue weighted by atomic mass is 79.9. The maximum Gasteiger partial charge on any atom is 0.296 e. The van der Waals surface area contributed by atoms with Crippen LogP contribution in [0.3, 0.4) is 0 Å². The number of hydrogen-bond acceptors (Lipinski definition) is 6. The van der Waals surface area contributed by atoms with E-state index in [0.717, 1.165) is 15.8 Å². The third-order valence-corrected chi connectivity index (χ3v) is 3.97. The maximum absolute atomic E-state index is 12.1. The van der Waals surface area contributed by atoms with E-state index in [9.17, 15) is 4.79 Å². The molecule has 8 heteroatoms. The molecule has 0 radical (unpaired) electrons. The highest BCUT2D eigenvalue weighted by Gasteiger charge is 2.07. The van der Waals surface area contributed by atoms with Crippen molar-refractivity contribution in [3.63, 3.8) is 0 Å². The zero-order valence-corrected chi connectivity index (χ0v) is 14.8. The predicted molar refractivity (Wildman–Crippen MR) is 91.1 cm³/mol. The summed E-state index contributed by atoms with van der Waals surface area (Å²) in [4.78, 5) is 12.1. The zero-order valence-electron chi connectivity index (χ0n) is 12.4. The number of hydrogen-bond donors (Lipinski definition) is 0. The lowest BCUT2D eigenvalue weighted by Crippen LogP contribution is -2.23. The fourth-order valence-electron chi connectivity index (χ4n) is 1.67. The van der Waals surface area contributed by atoms with Gasteiger partial charge in [-0.2, -0.15) is 9.78 Å². The third kappa shape index (κ3) is 3.75. The molecule has 2 aromatic rings. The van der Waals surface area contributed by atoms with Crippen LogP contribution in [-0.4, -0.2) is 34.0 Å². The van der Waals surface area contributed by atoms with Crippen molar-refractivity contribution in [2.45, 2.75) is 19.0 Å². The lowest BCUT2D eigenvalue weighted by atomic mass is 10.2. The van der Waals surface area contributed by atoms with E-state index < -0.39 is 0 Å². The molecular formula is C14H15BrN4O2S. The molecule has 0 saturated carbocycles. The maximum atomic E-state index is 12.1. The summed E-state index contributed by atoms with van der Waals surface area (Å²) in [6.45, 7) is 4.14. The summed E-state index contributed by atoms with van der Waals surface area (Å²) < 4.78 is 7.54. The van der Waals surface area contributed by atoms with E-state index in [1.54, 1.807) is 13.1 Å². The molecule has 0 bridgehead atoms. The summed E-state index contributed by atoms with van der Waals surface area (Å²) in [5.74, 6) is 0.767. The number of rotatable bonds is 5. The van der Waals surface area contributed by atoms with Gasteiger partial charge in [-0.1, -0.05) is 11.8 Å². The Morgan fingerprint density at radius 1 is 1.45 bits per heavy atom. The van der Waals surface area contributed by atoms with Gasteiger partial charge in [-0.15, -0.1) is 10.2 Å². The molecule has 22 heavy (non-hydrogen) atoms. The van der Waals surface area contributed by atoms with Gasteiger partial charge in [0, 0.05) is 0 Å². The number of aryl methyl sites for hydroxylation is 1. The number of benzene rings is 1. The van der Waals surface area contributed by atoms with Gasteiger partial charge in [0.25, 0.3) is 5.56 Å². The van der Waals surface area contributed by atoms with Gasteiger partial charge in [-0.3, -0.25) is 4.79 Å². The third-order valence-electron chi connectivity index (χ3n) is 2.73. The van der Waals surface area contributed by atoms with E-state index in [0.29, 0.717) is 17.5 Å². The molecule has 1 aromatic carbocycles. The van der Waals surface area contributed by atoms with Crippen LogP contribution in [0.2, 0.25) is 0 Å². The van der Waals surface area contributed by atoms with Crippen LogP contribution in [0.15, 0.2) is 37.7 Å². The standard InChI is InChI=1S/C14H15BrN4O2S/c1-4-21-12-6-5-10(7-11(12)15)8-16-19-13(20)9(2)17-18-14(19)22-3/h5-8H,4H2,1-3H3/b16-8-. The molecular weight excluding hydrogens is 368 g/mol. The summed E-state index contributed by atoms with van der Waals surface area (Å²) >= 11 is 4.76.